The molecule has 0 aliphatic carbocycles. The Bertz CT molecular complexity index is 697. The molecule has 3 N–H and O–H groups in total. The average Bonchev–Trinajstić information content (AvgIpc) is 2.76. The summed E-state index contributed by atoms with van der Waals surface area (Å²) in [4.78, 5) is -0.493. The minimum Gasteiger partial charge on any atom is -0.399 e. The summed E-state index contributed by atoms with van der Waals surface area (Å²) in [5.74, 6) is -0.303. The molecule has 6 nitrogen and oxygen atoms in total. The van der Waals surface area contributed by atoms with Crippen LogP contribution in [0, 0.1) is 12.7 Å². The van der Waals surface area contributed by atoms with E-state index in [1.54, 1.807) is 13.0 Å². The van der Waals surface area contributed by atoms with E-state index in [0.29, 0.717) is 11.5 Å². The minimum atomic E-state index is -3.99. The second-order valence-electron chi connectivity index (χ2n) is 3.94. The van der Waals surface area contributed by atoms with Gasteiger partial charge in [0.2, 0.25) is 10.0 Å². The van der Waals surface area contributed by atoms with Crippen LogP contribution in [0.2, 0.25) is 0 Å². The fraction of sp³-hybridized carbons (Fsp3) is 0.182. The van der Waals surface area contributed by atoms with Crippen molar-refractivity contribution in [3.05, 3.63) is 41.5 Å². The van der Waals surface area contributed by atoms with Crippen molar-refractivity contribution in [3.8, 4) is 0 Å². The van der Waals surface area contributed by atoms with Gasteiger partial charge in [-0.3, -0.25) is 0 Å². The summed E-state index contributed by atoms with van der Waals surface area (Å²) in [7, 11) is -3.99. The zero-order valence-corrected chi connectivity index (χ0v) is 10.9. The molecule has 102 valence electrons. The van der Waals surface area contributed by atoms with Crippen LogP contribution in [0.25, 0.3) is 0 Å². The van der Waals surface area contributed by atoms with Crippen molar-refractivity contribution in [2.45, 2.75) is 18.4 Å². The summed E-state index contributed by atoms with van der Waals surface area (Å²) in [6, 6.07) is 4.93. The van der Waals surface area contributed by atoms with E-state index >= 15 is 0 Å². The van der Waals surface area contributed by atoms with Crippen molar-refractivity contribution in [1.29, 1.82) is 0 Å². The van der Waals surface area contributed by atoms with Crippen LogP contribution in [0.4, 0.5) is 10.1 Å². The van der Waals surface area contributed by atoms with Crippen molar-refractivity contribution in [3.63, 3.8) is 0 Å². The maximum absolute atomic E-state index is 13.5. The van der Waals surface area contributed by atoms with E-state index < -0.39 is 20.7 Å². The fourth-order valence-corrected chi connectivity index (χ4v) is 2.58. The predicted molar refractivity (Wildman–Crippen MR) is 66.1 cm³/mol. The molecular weight excluding hydrogens is 273 g/mol. The van der Waals surface area contributed by atoms with E-state index in [1.165, 1.54) is 6.07 Å². The Balaban J connectivity index is 2.20. The van der Waals surface area contributed by atoms with E-state index in [-0.39, 0.29) is 12.2 Å². The normalized spacial score (nSPS) is 11.7. The van der Waals surface area contributed by atoms with Gasteiger partial charge in [0.05, 0.1) is 12.2 Å². The Hall–Kier alpha value is -1.93. The molecule has 0 unspecified atom stereocenters. The number of aromatic nitrogens is 1. The van der Waals surface area contributed by atoms with E-state index in [1.807, 2.05) is 0 Å². The monoisotopic (exact) mass is 285 g/mol. The molecule has 0 saturated carbocycles. The van der Waals surface area contributed by atoms with Crippen molar-refractivity contribution in [2.75, 3.05) is 5.73 Å². The molecule has 0 bridgehead atoms. The van der Waals surface area contributed by atoms with Gasteiger partial charge in [-0.05, 0) is 25.1 Å². The Morgan fingerprint density at radius 1 is 1.42 bits per heavy atom. The summed E-state index contributed by atoms with van der Waals surface area (Å²) in [5.41, 5.74) is 6.02. The molecule has 8 heteroatoms. The van der Waals surface area contributed by atoms with Crippen molar-refractivity contribution >= 4 is 15.7 Å². The number of halogens is 1. The lowest BCUT2D eigenvalue weighted by Gasteiger charge is -2.06. The number of rotatable bonds is 4. The maximum Gasteiger partial charge on any atom is 0.243 e. The number of aryl methyl sites for hydroxylation is 1. The third-order valence-corrected chi connectivity index (χ3v) is 3.78. The van der Waals surface area contributed by atoms with Gasteiger partial charge in [-0.2, -0.15) is 0 Å². The Kier molecular flexibility index (Phi) is 3.54. The summed E-state index contributed by atoms with van der Waals surface area (Å²) < 4.78 is 44.4. The quantitative estimate of drug-likeness (QED) is 0.822. The second-order valence-corrected chi connectivity index (χ2v) is 5.68. The van der Waals surface area contributed by atoms with Gasteiger partial charge in [0.25, 0.3) is 0 Å². The summed E-state index contributed by atoms with van der Waals surface area (Å²) in [6.07, 6.45) is 0. The summed E-state index contributed by atoms with van der Waals surface area (Å²) in [5, 5.41) is 3.63. The molecule has 1 heterocycles. The Morgan fingerprint density at radius 2 is 2.16 bits per heavy atom. The van der Waals surface area contributed by atoms with Crippen molar-refractivity contribution in [2.24, 2.45) is 0 Å². The van der Waals surface area contributed by atoms with Gasteiger partial charge in [0.15, 0.2) is 0 Å². The minimum absolute atomic E-state index is 0.0894. The van der Waals surface area contributed by atoms with Crippen LogP contribution in [0.1, 0.15) is 11.5 Å². The van der Waals surface area contributed by atoms with Crippen LogP contribution in [0.15, 0.2) is 33.7 Å². The lowest BCUT2D eigenvalue weighted by atomic mass is 10.3. The highest BCUT2D eigenvalue weighted by atomic mass is 32.2. The van der Waals surface area contributed by atoms with Gasteiger partial charge in [0.1, 0.15) is 16.5 Å². The third kappa shape index (κ3) is 3.09. The zero-order valence-electron chi connectivity index (χ0n) is 10.1. The molecule has 0 spiro atoms. The van der Waals surface area contributed by atoms with Crippen LogP contribution in [0.5, 0.6) is 0 Å². The van der Waals surface area contributed by atoms with Gasteiger partial charge in [-0.25, -0.2) is 17.5 Å². The molecule has 0 radical (unpaired) electrons. The van der Waals surface area contributed by atoms with Crippen LogP contribution in [-0.4, -0.2) is 13.6 Å². The Labute approximate surface area is 109 Å². The SMILES string of the molecule is Cc1cc(CNS(=O)(=O)c2cc(N)ccc2F)no1. The molecule has 0 saturated heterocycles. The van der Waals surface area contributed by atoms with Gasteiger partial charge in [0, 0.05) is 11.8 Å². The highest BCUT2D eigenvalue weighted by Crippen LogP contribution is 2.17. The molecule has 0 aliphatic heterocycles. The van der Waals surface area contributed by atoms with E-state index in [9.17, 15) is 12.8 Å². The summed E-state index contributed by atoms with van der Waals surface area (Å²) >= 11 is 0. The third-order valence-electron chi connectivity index (χ3n) is 2.36. The number of sulfonamides is 1. The van der Waals surface area contributed by atoms with E-state index in [2.05, 4.69) is 9.88 Å². The van der Waals surface area contributed by atoms with Crippen molar-refractivity contribution < 1.29 is 17.3 Å². The number of hydrogen-bond acceptors (Lipinski definition) is 5. The highest BCUT2D eigenvalue weighted by molar-refractivity contribution is 7.89. The molecule has 2 aromatic rings. The number of anilines is 1. The average molecular weight is 285 g/mol. The largest absolute Gasteiger partial charge is 0.399 e. The first-order valence-corrected chi connectivity index (χ1v) is 6.84. The maximum atomic E-state index is 13.5. The van der Waals surface area contributed by atoms with Crippen LogP contribution < -0.4 is 10.5 Å². The highest BCUT2D eigenvalue weighted by Gasteiger charge is 2.19. The van der Waals surface area contributed by atoms with Gasteiger partial charge < -0.3 is 10.3 Å². The predicted octanol–water partition coefficient (Wildman–Crippen LogP) is 1.18. The lowest BCUT2D eigenvalue weighted by Crippen LogP contribution is -2.24. The molecular formula is C11H12FN3O3S. The lowest BCUT2D eigenvalue weighted by molar-refractivity contribution is 0.390. The van der Waals surface area contributed by atoms with E-state index in [0.717, 1.165) is 12.1 Å². The van der Waals surface area contributed by atoms with Crippen molar-refractivity contribution in [1.82, 2.24) is 9.88 Å². The van der Waals surface area contributed by atoms with Crippen LogP contribution in [0.3, 0.4) is 0 Å². The van der Waals surface area contributed by atoms with Crippen LogP contribution >= 0.6 is 0 Å². The smallest absolute Gasteiger partial charge is 0.243 e. The van der Waals surface area contributed by atoms with Gasteiger partial charge >= 0.3 is 0 Å². The molecule has 1 aromatic heterocycles. The number of nitrogen functional groups attached to an aromatic ring is 1. The molecule has 2 rings (SSSR count). The zero-order chi connectivity index (χ0) is 14.0. The molecule has 1 aromatic carbocycles. The summed E-state index contributed by atoms with van der Waals surface area (Å²) in [6.45, 7) is 1.59. The topological polar surface area (TPSA) is 98.2 Å². The number of nitrogens with zero attached hydrogens (tertiary/aromatic N) is 1. The molecule has 19 heavy (non-hydrogen) atoms. The molecule has 0 amide bonds. The molecule has 0 atom stereocenters. The number of nitrogens with one attached hydrogen (secondary N) is 1. The first-order chi connectivity index (χ1) is 8.88. The fourth-order valence-electron chi connectivity index (χ4n) is 1.47. The first kappa shape index (κ1) is 13.5. The van der Waals surface area contributed by atoms with Gasteiger partial charge in [-0.15, -0.1) is 0 Å². The number of benzene rings is 1. The Morgan fingerprint density at radius 3 is 2.79 bits per heavy atom. The van der Waals surface area contributed by atoms with E-state index in [4.69, 9.17) is 10.3 Å². The van der Waals surface area contributed by atoms with Crippen LogP contribution in [-0.2, 0) is 16.6 Å². The molecule has 0 aliphatic rings. The standard InChI is InChI=1S/C11H12FN3O3S/c1-7-4-9(15-18-7)6-14-19(16,17)11-5-8(13)2-3-10(11)12/h2-5,14H,6,13H2,1H3. The second kappa shape index (κ2) is 4.98. The van der Waals surface area contributed by atoms with Gasteiger partial charge in [-0.1, -0.05) is 5.16 Å². The first-order valence-electron chi connectivity index (χ1n) is 5.35. The molecule has 0 fully saturated rings. The number of nitrogens with two attached hydrogens (primary N) is 1. The number of hydrogen-bond donors (Lipinski definition) is 2.